The van der Waals surface area contributed by atoms with Crippen molar-refractivity contribution in [3.8, 4) is 11.3 Å². The molecule has 0 saturated carbocycles. The summed E-state index contributed by atoms with van der Waals surface area (Å²) in [4.78, 5) is 25.9. The molecule has 1 heterocycles. The third kappa shape index (κ3) is 3.36. The van der Waals surface area contributed by atoms with Crippen molar-refractivity contribution in [3.63, 3.8) is 0 Å². The van der Waals surface area contributed by atoms with Gasteiger partial charge in [0, 0.05) is 12.2 Å². The summed E-state index contributed by atoms with van der Waals surface area (Å²) in [6.45, 7) is 2.08. The van der Waals surface area contributed by atoms with Crippen LogP contribution in [0.5, 0.6) is 0 Å². The molecule has 0 aliphatic heterocycles. The Morgan fingerprint density at radius 1 is 1.23 bits per heavy atom. The zero-order chi connectivity index (χ0) is 16.3. The highest BCUT2D eigenvalue weighted by molar-refractivity contribution is 5.94. The molecule has 1 aromatic heterocycles. The molecule has 0 atom stereocenters. The van der Waals surface area contributed by atoms with Gasteiger partial charge in [0.2, 0.25) is 0 Å². The number of carbonyl (C=O) groups excluding carboxylic acids is 1. The minimum atomic E-state index is -4.46. The van der Waals surface area contributed by atoms with E-state index in [4.69, 9.17) is 0 Å². The molecule has 116 valence electrons. The molecule has 4 nitrogen and oxygen atoms in total. The second kappa shape index (κ2) is 6.05. The first kappa shape index (κ1) is 15.8. The van der Waals surface area contributed by atoms with Crippen molar-refractivity contribution in [3.05, 3.63) is 57.9 Å². The fraction of sp³-hybridized carbons (Fsp3) is 0.200. The van der Waals surface area contributed by atoms with Crippen LogP contribution < -0.4 is 10.9 Å². The van der Waals surface area contributed by atoms with E-state index in [1.165, 1.54) is 24.3 Å². The molecule has 0 fully saturated rings. The summed E-state index contributed by atoms with van der Waals surface area (Å²) in [6, 6.07) is 7.29. The molecule has 1 aromatic carbocycles. The number of nitrogens with one attached hydrogen (secondary N) is 2. The van der Waals surface area contributed by atoms with Crippen molar-refractivity contribution in [2.45, 2.75) is 13.1 Å². The number of aromatic nitrogens is 1. The highest BCUT2D eigenvalue weighted by Gasteiger charge is 2.30. The molecule has 2 N–H and O–H groups in total. The largest absolute Gasteiger partial charge is 0.416 e. The minimum Gasteiger partial charge on any atom is -0.352 e. The Kier molecular flexibility index (Phi) is 4.35. The number of pyridine rings is 1. The van der Waals surface area contributed by atoms with E-state index >= 15 is 0 Å². The van der Waals surface area contributed by atoms with Crippen molar-refractivity contribution in [2.75, 3.05) is 6.54 Å². The molecule has 0 unspecified atom stereocenters. The lowest BCUT2D eigenvalue weighted by molar-refractivity contribution is -0.137. The molecule has 2 rings (SSSR count). The highest BCUT2D eigenvalue weighted by Crippen LogP contribution is 2.31. The summed E-state index contributed by atoms with van der Waals surface area (Å²) in [5, 5.41) is 2.48. The second-order valence-electron chi connectivity index (χ2n) is 4.55. The maximum Gasteiger partial charge on any atom is 0.416 e. The summed E-state index contributed by atoms with van der Waals surface area (Å²) < 4.78 is 38.1. The molecule has 0 aliphatic rings. The van der Waals surface area contributed by atoms with Crippen LogP contribution in [0.15, 0.2) is 41.2 Å². The number of H-pyrrole nitrogens is 1. The Morgan fingerprint density at radius 2 is 1.95 bits per heavy atom. The van der Waals surface area contributed by atoms with Crippen LogP contribution in [0.1, 0.15) is 22.8 Å². The van der Waals surface area contributed by atoms with Crippen LogP contribution in [-0.4, -0.2) is 17.4 Å². The number of hydrogen-bond acceptors (Lipinski definition) is 2. The molecule has 0 saturated heterocycles. The van der Waals surface area contributed by atoms with Gasteiger partial charge in [-0.05, 0) is 36.8 Å². The van der Waals surface area contributed by atoms with Crippen LogP contribution in [0.25, 0.3) is 11.3 Å². The first-order valence-electron chi connectivity index (χ1n) is 6.52. The van der Waals surface area contributed by atoms with Gasteiger partial charge in [0.25, 0.3) is 11.5 Å². The zero-order valence-electron chi connectivity index (χ0n) is 11.6. The Morgan fingerprint density at radius 3 is 2.55 bits per heavy atom. The third-order valence-electron chi connectivity index (χ3n) is 2.99. The lowest BCUT2D eigenvalue weighted by Crippen LogP contribution is -2.29. The van der Waals surface area contributed by atoms with E-state index < -0.39 is 23.2 Å². The molecule has 22 heavy (non-hydrogen) atoms. The monoisotopic (exact) mass is 310 g/mol. The number of hydrogen-bond donors (Lipinski definition) is 2. The fourth-order valence-corrected chi connectivity index (χ4v) is 1.94. The first-order valence-corrected chi connectivity index (χ1v) is 6.52. The van der Waals surface area contributed by atoms with Gasteiger partial charge in [0.05, 0.1) is 5.56 Å². The van der Waals surface area contributed by atoms with Crippen LogP contribution >= 0.6 is 0 Å². The van der Waals surface area contributed by atoms with Gasteiger partial charge in [0.1, 0.15) is 5.56 Å². The van der Waals surface area contributed by atoms with E-state index in [9.17, 15) is 22.8 Å². The van der Waals surface area contributed by atoms with E-state index in [0.717, 1.165) is 12.1 Å². The van der Waals surface area contributed by atoms with E-state index in [1.807, 2.05) is 0 Å². The van der Waals surface area contributed by atoms with Crippen LogP contribution in [-0.2, 0) is 6.18 Å². The standard InChI is InChI=1S/C15H13F3N2O2/c1-2-19-13(21)11-6-7-12(20-14(11)22)9-4-3-5-10(8-9)15(16,17)18/h3-8H,2H2,1H3,(H,19,21)(H,20,22). The van der Waals surface area contributed by atoms with E-state index in [-0.39, 0.29) is 16.8 Å². The van der Waals surface area contributed by atoms with Gasteiger partial charge in [-0.2, -0.15) is 13.2 Å². The van der Waals surface area contributed by atoms with Crippen LogP contribution in [0.4, 0.5) is 13.2 Å². The van der Waals surface area contributed by atoms with E-state index in [2.05, 4.69) is 10.3 Å². The predicted octanol–water partition coefficient (Wildman–Crippen LogP) is 2.81. The SMILES string of the molecule is CCNC(=O)c1ccc(-c2cccc(C(F)(F)F)c2)[nH]c1=O. The molecular weight excluding hydrogens is 297 g/mol. The summed E-state index contributed by atoms with van der Waals surface area (Å²) in [6.07, 6.45) is -4.46. The average Bonchev–Trinajstić information content (AvgIpc) is 2.46. The number of halogens is 3. The quantitative estimate of drug-likeness (QED) is 0.915. The van der Waals surface area contributed by atoms with Gasteiger partial charge in [-0.1, -0.05) is 12.1 Å². The lowest BCUT2D eigenvalue weighted by Gasteiger charge is -2.09. The third-order valence-corrected chi connectivity index (χ3v) is 2.99. The number of aromatic amines is 1. The fourth-order valence-electron chi connectivity index (χ4n) is 1.94. The smallest absolute Gasteiger partial charge is 0.352 e. The maximum atomic E-state index is 12.7. The molecule has 2 aromatic rings. The Hall–Kier alpha value is -2.57. The minimum absolute atomic E-state index is 0.0856. The molecule has 0 spiro atoms. The maximum absolute atomic E-state index is 12.7. The van der Waals surface area contributed by atoms with Gasteiger partial charge in [0.15, 0.2) is 0 Å². The molecule has 1 amide bonds. The average molecular weight is 310 g/mol. The van der Waals surface area contributed by atoms with Gasteiger partial charge in [-0.3, -0.25) is 9.59 Å². The van der Waals surface area contributed by atoms with Gasteiger partial charge in [-0.25, -0.2) is 0 Å². The first-order chi connectivity index (χ1) is 10.3. The molecular formula is C15H13F3N2O2. The van der Waals surface area contributed by atoms with Crippen LogP contribution in [0.2, 0.25) is 0 Å². The number of rotatable bonds is 3. The predicted molar refractivity (Wildman–Crippen MR) is 75.5 cm³/mol. The normalized spacial score (nSPS) is 11.3. The van der Waals surface area contributed by atoms with E-state index in [1.54, 1.807) is 6.92 Å². The van der Waals surface area contributed by atoms with Crippen molar-refractivity contribution < 1.29 is 18.0 Å². The Bertz CT molecular complexity index is 751. The molecule has 0 bridgehead atoms. The summed E-state index contributed by atoms with van der Waals surface area (Å²) >= 11 is 0. The zero-order valence-corrected chi connectivity index (χ0v) is 11.6. The van der Waals surface area contributed by atoms with Crippen LogP contribution in [0.3, 0.4) is 0 Å². The lowest BCUT2D eigenvalue weighted by atomic mass is 10.1. The Balaban J connectivity index is 2.41. The van der Waals surface area contributed by atoms with Crippen molar-refractivity contribution >= 4 is 5.91 Å². The topological polar surface area (TPSA) is 62.0 Å². The van der Waals surface area contributed by atoms with Crippen molar-refractivity contribution in [1.82, 2.24) is 10.3 Å². The number of amides is 1. The molecule has 7 heteroatoms. The van der Waals surface area contributed by atoms with Crippen molar-refractivity contribution in [2.24, 2.45) is 0 Å². The summed E-state index contributed by atoms with van der Waals surface area (Å²) in [5.74, 6) is -0.528. The van der Waals surface area contributed by atoms with Gasteiger partial charge in [-0.15, -0.1) is 0 Å². The number of alkyl halides is 3. The number of benzene rings is 1. The van der Waals surface area contributed by atoms with Crippen LogP contribution in [0, 0.1) is 0 Å². The van der Waals surface area contributed by atoms with E-state index in [0.29, 0.717) is 6.54 Å². The Labute approximate surface area is 124 Å². The highest BCUT2D eigenvalue weighted by atomic mass is 19.4. The van der Waals surface area contributed by atoms with Gasteiger partial charge < -0.3 is 10.3 Å². The number of carbonyl (C=O) groups is 1. The van der Waals surface area contributed by atoms with Crippen molar-refractivity contribution in [1.29, 1.82) is 0 Å². The van der Waals surface area contributed by atoms with Gasteiger partial charge >= 0.3 is 6.18 Å². The molecule has 0 aliphatic carbocycles. The molecule has 0 radical (unpaired) electrons. The summed E-state index contributed by atoms with van der Waals surface area (Å²) in [7, 11) is 0. The second-order valence-corrected chi connectivity index (χ2v) is 4.55. The summed E-state index contributed by atoms with van der Waals surface area (Å²) in [5.41, 5.74) is -1.12.